The van der Waals surface area contributed by atoms with E-state index in [9.17, 15) is 4.79 Å². The summed E-state index contributed by atoms with van der Waals surface area (Å²) in [4.78, 5) is 22.5. The number of nitrogens with one attached hydrogen (secondary N) is 1. The highest BCUT2D eigenvalue weighted by Gasteiger charge is 2.15. The Morgan fingerprint density at radius 1 is 1.41 bits per heavy atom. The van der Waals surface area contributed by atoms with Crippen molar-refractivity contribution < 1.29 is 4.52 Å². The van der Waals surface area contributed by atoms with Crippen molar-refractivity contribution in [3.63, 3.8) is 0 Å². The van der Waals surface area contributed by atoms with Gasteiger partial charge in [0.1, 0.15) is 16.9 Å². The molecular formula is C11H8N4O2. The minimum absolute atomic E-state index is 0.241. The molecule has 6 heteroatoms. The molecule has 0 atom stereocenters. The van der Waals surface area contributed by atoms with Gasteiger partial charge in [0, 0.05) is 18.0 Å². The molecule has 0 bridgehead atoms. The Morgan fingerprint density at radius 2 is 2.29 bits per heavy atom. The third kappa shape index (κ3) is 1.50. The molecule has 0 fully saturated rings. The van der Waals surface area contributed by atoms with Crippen LogP contribution in [0.25, 0.3) is 22.4 Å². The van der Waals surface area contributed by atoms with Crippen molar-refractivity contribution in [2.75, 3.05) is 0 Å². The number of pyridine rings is 1. The zero-order valence-electron chi connectivity index (χ0n) is 8.97. The molecular weight excluding hydrogens is 220 g/mol. The van der Waals surface area contributed by atoms with E-state index in [0.717, 1.165) is 5.56 Å². The van der Waals surface area contributed by atoms with Crippen LogP contribution in [0.15, 0.2) is 33.8 Å². The van der Waals surface area contributed by atoms with Gasteiger partial charge in [0.15, 0.2) is 0 Å². The van der Waals surface area contributed by atoms with E-state index in [2.05, 4.69) is 20.1 Å². The van der Waals surface area contributed by atoms with Crippen molar-refractivity contribution in [1.29, 1.82) is 0 Å². The minimum Gasteiger partial charge on any atom is -0.335 e. The summed E-state index contributed by atoms with van der Waals surface area (Å²) in [6, 6.07) is 3.58. The first-order chi connectivity index (χ1) is 8.25. The minimum atomic E-state index is -0.257. The molecule has 0 radical (unpaired) electrons. The quantitative estimate of drug-likeness (QED) is 0.678. The molecule has 84 valence electrons. The molecule has 17 heavy (non-hydrogen) atoms. The van der Waals surface area contributed by atoms with E-state index in [4.69, 9.17) is 4.52 Å². The molecule has 0 unspecified atom stereocenters. The molecule has 0 saturated heterocycles. The summed E-state index contributed by atoms with van der Waals surface area (Å²) >= 11 is 0. The average molecular weight is 228 g/mol. The summed E-state index contributed by atoms with van der Waals surface area (Å²) in [6.45, 7) is 1.69. The molecule has 3 rings (SSSR count). The summed E-state index contributed by atoms with van der Waals surface area (Å²) < 4.78 is 5.06. The van der Waals surface area contributed by atoms with Crippen LogP contribution in [0.4, 0.5) is 0 Å². The third-order valence-corrected chi connectivity index (χ3v) is 2.40. The van der Waals surface area contributed by atoms with E-state index in [1.54, 1.807) is 25.4 Å². The summed E-state index contributed by atoms with van der Waals surface area (Å²) in [5.74, 6) is 0.497. The van der Waals surface area contributed by atoms with Gasteiger partial charge in [0.05, 0.1) is 0 Å². The molecule has 0 aliphatic carbocycles. The molecule has 0 spiro atoms. The van der Waals surface area contributed by atoms with Gasteiger partial charge in [0.2, 0.25) is 0 Å². The lowest BCUT2D eigenvalue weighted by molar-refractivity contribution is 0.450. The normalized spacial score (nSPS) is 10.9. The van der Waals surface area contributed by atoms with Gasteiger partial charge in [0.25, 0.3) is 11.3 Å². The monoisotopic (exact) mass is 228 g/mol. The number of hydrogen-bond acceptors (Lipinski definition) is 5. The maximum atomic E-state index is 11.8. The molecule has 3 heterocycles. The molecule has 3 aromatic rings. The van der Waals surface area contributed by atoms with E-state index >= 15 is 0 Å². The van der Waals surface area contributed by atoms with Gasteiger partial charge in [-0.25, -0.2) is 0 Å². The number of fused-ring (bicyclic) bond motifs is 1. The van der Waals surface area contributed by atoms with Gasteiger partial charge in [-0.05, 0) is 19.1 Å². The second-order valence-corrected chi connectivity index (χ2v) is 3.60. The second-order valence-electron chi connectivity index (χ2n) is 3.60. The Bertz CT molecular complexity index is 730. The molecule has 0 amide bonds. The smallest absolute Gasteiger partial charge is 0.265 e. The fourth-order valence-corrected chi connectivity index (χ4v) is 1.67. The lowest BCUT2D eigenvalue weighted by atomic mass is 10.1. The Hall–Kier alpha value is -2.50. The van der Waals surface area contributed by atoms with Crippen LogP contribution < -0.4 is 5.56 Å². The Morgan fingerprint density at radius 3 is 3.06 bits per heavy atom. The third-order valence-electron chi connectivity index (χ3n) is 2.40. The van der Waals surface area contributed by atoms with Crippen LogP contribution in [0.5, 0.6) is 0 Å². The van der Waals surface area contributed by atoms with Crippen molar-refractivity contribution in [2.24, 2.45) is 0 Å². The van der Waals surface area contributed by atoms with Crippen LogP contribution in [0.2, 0.25) is 0 Å². The van der Waals surface area contributed by atoms with Crippen molar-refractivity contribution in [1.82, 2.24) is 20.1 Å². The van der Waals surface area contributed by atoms with Crippen molar-refractivity contribution in [3.05, 3.63) is 40.7 Å². The standard InChI is InChI=1S/C11H8N4O2/c1-6-13-10(16)8-9(15-17-11(8)14-6)7-3-2-4-12-5-7/h2-5H,1H3,(H,13,14,16). The van der Waals surface area contributed by atoms with E-state index in [0.29, 0.717) is 16.9 Å². The number of nitrogens with zero attached hydrogens (tertiary/aromatic N) is 3. The molecule has 1 N–H and O–H groups in total. The highest BCUT2D eigenvalue weighted by Crippen LogP contribution is 2.22. The number of H-pyrrole nitrogens is 1. The largest absolute Gasteiger partial charge is 0.335 e. The van der Waals surface area contributed by atoms with E-state index in [-0.39, 0.29) is 11.3 Å². The van der Waals surface area contributed by atoms with Crippen LogP contribution in [-0.2, 0) is 0 Å². The predicted molar refractivity (Wildman–Crippen MR) is 60.4 cm³/mol. The maximum absolute atomic E-state index is 11.8. The second kappa shape index (κ2) is 3.51. The lowest BCUT2D eigenvalue weighted by Crippen LogP contribution is -2.09. The highest BCUT2D eigenvalue weighted by atomic mass is 16.5. The van der Waals surface area contributed by atoms with Crippen molar-refractivity contribution in [3.8, 4) is 11.3 Å². The molecule has 3 aromatic heterocycles. The van der Waals surface area contributed by atoms with Gasteiger partial charge in [-0.2, -0.15) is 4.98 Å². The van der Waals surface area contributed by atoms with Crippen molar-refractivity contribution >= 4 is 11.1 Å². The first-order valence-corrected chi connectivity index (χ1v) is 5.02. The molecule has 0 aliphatic heterocycles. The molecule has 0 aromatic carbocycles. The SMILES string of the molecule is Cc1nc2onc(-c3cccnc3)c2c(=O)[nH]1. The topological polar surface area (TPSA) is 84.7 Å². The van der Waals surface area contributed by atoms with Gasteiger partial charge < -0.3 is 9.51 Å². The number of aromatic nitrogens is 4. The van der Waals surface area contributed by atoms with Crippen LogP contribution in [-0.4, -0.2) is 20.1 Å². The molecule has 0 saturated carbocycles. The lowest BCUT2D eigenvalue weighted by Gasteiger charge is -1.94. The van der Waals surface area contributed by atoms with Crippen molar-refractivity contribution in [2.45, 2.75) is 6.92 Å². The number of aromatic amines is 1. The Labute approximate surface area is 95.3 Å². The van der Waals surface area contributed by atoms with Gasteiger partial charge in [-0.1, -0.05) is 5.16 Å². The predicted octanol–water partition coefficient (Wildman–Crippen LogP) is 1.28. The number of rotatable bonds is 1. The van der Waals surface area contributed by atoms with Crippen LogP contribution in [0.3, 0.4) is 0 Å². The van der Waals surface area contributed by atoms with E-state index in [1.807, 2.05) is 6.07 Å². The summed E-state index contributed by atoms with van der Waals surface area (Å²) in [5, 5.41) is 4.22. The van der Waals surface area contributed by atoms with Crippen LogP contribution in [0, 0.1) is 6.92 Å². The first-order valence-electron chi connectivity index (χ1n) is 5.02. The fourth-order valence-electron chi connectivity index (χ4n) is 1.67. The summed E-state index contributed by atoms with van der Waals surface area (Å²) in [5.41, 5.74) is 1.17. The molecule has 6 nitrogen and oxygen atoms in total. The average Bonchev–Trinajstić information content (AvgIpc) is 2.74. The summed E-state index contributed by atoms with van der Waals surface area (Å²) in [6.07, 6.45) is 3.27. The number of hydrogen-bond donors (Lipinski definition) is 1. The summed E-state index contributed by atoms with van der Waals surface area (Å²) in [7, 11) is 0. The Kier molecular flexibility index (Phi) is 2.01. The highest BCUT2D eigenvalue weighted by molar-refractivity contribution is 5.88. The zero-order valence-corrected chi connectivity index (χ0v) is 8.97. The Balaban J connectivity index is 2.37. The first kappa shape index (κ1) is 9.71. The number of aryl methyl sites for hydroxylation is 1. The fraction of sp³-hybridized carbons (Fsp3) is 0.0909. The van der Waals surface area contributed by atoms with Crippen LogP contribution >= 0.6 is 0 Å². The van der Waals surface area contributed by atoms with Gasteiger partial charge in [-0.3, -0.25) is 9.78 Å². The zero-order chi connectivity index (χ0) is 11.8. The van der Waals surface area contributed by atoms with Gasteiger partial charge in [-0.15, -0.1) is 0 Å². The van der Waals surface area contributed by atoms with Gasteiger partial charge >= 0.3 is 0 Å². The molecule has 0 aliphatic rings. The van der Waals surface area contributed by atoms with E-state index in [1.165, 1.54) is 0 Å². The van der Waals surface area contributed by atoms with E-state index < -0.39 is 0 Å². The maximum Gasteiger partial charge on any atom is 0.265 e. The van der Waals surface area contributed by atoms with Crippen LogP contribution in [0.1, 0.15) is 5.82 Å².